The molecule has 0 spiro atoms. The molecule has 0 fully saturated rings. The van der Waals surface area contributed by atoms with Gasteiger partial charge in [-0.3, -0.25) is 14.3 Å². The predicted molar refractivity (Wildman–Crippen MR) is 95.5 cm³/mol. The van der Waals surface area contributed by atoms with E-state index in [9.17, 15) is 14.7 Å². The molecular formula is C19H25N3O3. The Labute approximate surface area is 147 Å². The van der Waals surface area contributed by atoms with Crippen molar-refractivity contribution in [3.05, 3.63) is 52.8 Å². The van der Waals surface area contributed by atoms with Gasteiger partial charge in [0.2, 0.25) is 0 Å². The normalized spacial score (nSPS) is 12.7. The molecule has 2 aromatic rings. The standard InChI is InChI=1S/C19H25N3O3/c1-12-10-16(22(5)21-12)18(25)20-15(11-17(23)24)13-6-8-14(9-7-13)19(2,3)4/h6-10,15H,11H2,1-5H3,(H,20,25)(H,23,24). The fraction of sp³-hybridized carbons (Fsp3) is 0.421. The zero-order chi connectivity index (χ0) is 18.8. The Kier molecular flexibility index (Phi) is 5.30. The van der Waals surface area contributed by atoms with Crippen LogP contribution in [-0.2, 0) is 17.3 Å². The molecule has 6 nitrogen and oxygen atoms in total. The van der Waals surface area contributed by atoms with Crippen molar-refractivity contribution in [2.45, 2.75) is 45.6 Å². The highest BCUT2D eigenvalue weighted by Gasteiger charge is 2.22. The Morgan fingerprint density at radius 1 is 1.24 bits per heavy atom. The minimum atomic E-state index is -0.966. The lowest BCUT2D eigenvalue weighted by Crippen LogP contribution is -2.31. The van der Waals surface area contributed by atoms with Crippen molar-refractivity contribution < 1.29 is 14.7 Å². The van der Waals surface area contributed by atoms with Gasteiger partial charge in [0.05, 0.1) is 18.2 Å². The second kappa shape index (κ2) is 7.09. The maximum atomic E-state index is 12.5. The molecule has 0 radical (unpaired) electrons. The van der Waals surface area contributed by atoms with Crippen molar-refractivity contribution in [1.82, 2.24) is 15.1 Å². The van der Waals surface area contributed by atoms with E-state index in [2.05, 4.69) is 31.2 Å². The molecule has 1 aromatic heterocycles. The maximum Gasteiger partial charge on any atom is 0.305 e. The van der Waals surface area contributed by atoms with Crippen molar-refractivity contribution >= 4 is 11.9 Å². The highest BCUT2D eigenvalue weighted by Crippen LogP contribution is 2.25. The average molecular weight is 343 g/mol. The van der Waals surface area contributed by atoms with Crippen molar-refractivity contribution in [2.24, 2.45) is 7.05 Å². The van der Waals surface area contributed by atoms with Gasteiger partial charge in [-0.15, -0.1) is 0 Å². The molecule has 1 unspecified atom stereocenters. The third-order valence-electron chi connectivity index (χ3n) is 4.10. The Morgan fingerprint density at radius 2 is 1.84 bits per heavy atom. The zero-order valence-corrected chi connectivity index (χ0v) is 15.3. The molecule has 2 rings (SSSR count). The third-order valence-corrected chi connectivity index (χ3v) is 4.10. The smallest absolute Gasteiger partial charge is 0.305 e. The zero-order valence-electron chi connectivity index (χ0n) is 15.3. The summed E-state index contributed by atoms with van der Waals surface area (Å²) in [5.74, 6) is -1.30. The fourth-order valence-corrected chi connectivity index (χ4v) is 2.70. The first-order valence-electron chi connectivity index (χ1n) is 8.21. The van der Waals surface area contributed by atoms with Gasteiger partial charge in [0.25, 0.3) is 5.91 Å². The molecule has 0 saturated carbocycles. The topological polar surface area (TPSA) is 84.2 Å². The number of aliphatic carboxylic acids is 1. The van der Waals surface area contributed by atoms with Crippen LogP contribution in [0.15, 0.2) is 30.3 Å². The van der Waals surface area contributed by atoms with Gasteiger partial charge in [-0.1, -0.05) is 45.0 Å². The summed E-state index contributed by atoms with van der Waals surface area (Å²) in [4.78, 5) is 23.7. The number of carbonyl (C=O) groups excluding carboxylic acids is 1. The lowest BCUT2D eigenvalue weighted by Gasteiger charge is -2.22. The quantitative estimate of drug-likeness (QED) is 0.874. The van der Waals surface area contributed by atoms with E-state index < -0.39 is 12.0 Å². The number of aryl methyl sites for hydroxylation is 2. The Balaban J connectivity index is 2.25. The van der Waals surface area contributed by atoms with E-state index >= 15 is 0 Å². The fourth-order valence-electron chi connectivity index (χ4n) is 2.70. The summed E-state index contributed by atoms with van der Waals surface area (Å²) in [7, 11) is 1.69. The molecule has 1 aromatic carbocycles. The summed E-state index contributed by atoms with van der Waals surface area (Å²) in [5.41, 5.74) is 3.06. The second-order valence-corrected chi connectivity index (χ2v) is 7.29. The van der Waals surface area contributed by atoms with Crippen LogP contribution in [0.5, 0.6) is 0 Å². The van der Waals surface area contributed by atoms with Gasteiger partial charge in [0.1, 0.15) is 5.69 Å². The van der Waals surface area contributed by atoms with Crippen LogP contribution in [0.4, 0.5) is 0 Å². The van der Waals surface area contributed by atoms with Crippen LogP contribution in [0, 0.1) is 6.92 Å². The van der Waals surface area contributed by atoms with Gasteiger partial charge in [-0.05, 0) is 29.5 Å². The Bertz CT molecular complexity index is 770. The number of carboxylic acid groups (broad SMARTS) is 1. The lowest BCUT2D eigenvalue weighted by atomic mass is 9.86. The highest BCUT2D eigenvalue weighted by molar-refractivity contribution is 5.93. The number of amides is 1. The predicted octanol–water partition coefficient (Wildman–Crippen LogP) is 2.97. The first-order chi connectivity index (χ1) is 11.6. The maximum absolute atomic E-state index is 12.5. The van der Waals surface area contributed by atoms with E-state index in [-0.39, 0.29) is 17.7 Å². The minimum Gasteiger partial charge on any atom is -0.481 e. The molecule has 25 heavy (non-hydrogen) atoms. The first-order valence-corrected chi connectivity index (χ1v) is 8.21. The number of nitrogens with one attached hydrogen (secondary N) is 1. The molecule has 6 heteroatoms. The number of hydrogen-bond acceptors (Lipinski definition) is 3. The van der Waals surface area contributed by atoms with Gasteiger partial charge in [-0.25, -0.2) is 0 Å². The average Bonchev–Trinajstić information content (AvgIpc) is 2.84. The Hall–Kier alpha value is -2.63. The van der Waals surface area contributed by atoms with Crippen molar-refractivity contribution in [2.75, 3.05) is 0 Å². The lowest BCUT2D eigenvalue weighted by molar-refractivity contribution is -0.137. The van der Waals surface area contributed by atoms with Gasteiger partial charge in [0, 0.05) is 7.05 Å². The molecule has 0 aliphatic heterocycles. The molecule has 1 heterocycles. The summed E-state index contributed by atoms with van der Waals surface area (Å²) < 4.78 is 1.49. The summed E-state index contributed by atoms with van der Waals surface area (Å²) in [6.45, 7) is 8.15. The molecule has 2 N–H and O–H groups in total. The van der Waals surface area contributed by atoms with Gasteiger partial charge in [0.15, 0.2) is 0 Å². The largest absolute Gasteiger partial charge is 0.481 e. The summed E-state index contributed by atoms with van der Waals surface area (Å²) in [5, 5.41) is 16.2. The number of carboxylic acids is 1. The van der Waals surface area contributed by atoms with Crippen LogP contribution in [0.3, 0.4) is 0 Å². The molecule has 1 atom stereocenters. The summed E-state index contributed by atoms with van der Waals surface area (Å²) >= 11 is 0. The van der Waals surface area contributed by atoms with Crippen LogP contribution in [0.25, 0.3) is 0 Å². The van der Waals surface area contributed by atoms with E-state index in [1.807, 2.05) is 24.3 Å². The number of aromatic nitrogens is 2. The van der Waals surface area contributed by atoms with E-state index in [0.717, 1.165) is 16.8 Å². The van der Waals surface area contributed by atoms with Crippen LogP contribution in [-0.4, -0.2) is 26.8 Å². The number of nitrogens with zero attached hydrogens (tertiary/aromatic N) is 2. The monoisotopic (exact) mass is 343 g/mol. The van der Waals surface area contributed by atoms with Crippen LogP contribution in [0.2, 0.25) is 0 Å². The van der Waals surface area contributed by atoms with Crippen LogP contribution in [0.1, 0.15) is 60.5 Å². The second-order valence-electron chi connectivity index (χ2n) is 7.29. The molecule has 134 valence electrons. The summed E-state index contributed by atoms with van der Waals surface area (Å²) in [6.07, 6.45) is -0.183. The minimum absolute atomic E-state index is 0.0102. The summed E-state index contributed by atoms with van der Waals surface area (Å²) in [6, 6.07) is 8.78. The SMILES string of the molecule is Cc1cc(C(=O)NC(CC(=O)O)c2ccc(C(C)(C)C)cc2)n(C)n1. The third kappa shape index (κ3) is 4.68. The number of hydrogen-bond donors (Lipinski definition) is 2. The van der Waals surface area contributed by atoms with Crippen molar-refractivity contribution in [3.63, 3.8) is 0 Å². The Morgan fingerprint density at radius 3 is 2.28 bits per heavy atom. The van der Waals surface area contributed by atoms with E-state index in [1.165, 1.54) is 4.68 Å². The van der Waals surface area contributed by atoms with E-state index in [0.29, 0.717) is 5.69 Å². The number of benzene rings is 1. The number of rotatable bonds is 5. The van der Waals surface area contributed by atoms with Crippen molar-refractivity contribution in [1.29, 1.82) is 0 Å². The molecule has 0 aliphatic rings. The van der Waals surface area contributed by atoms with Crippen LogP contribution >= 0.6 is 0 Å². The van der Waals surface area contributed by atoms with E-state index in [4.69, 9.17) is 0 Å². The number of carbonyl (C=O) groups is 2. The van der Waals surface area contributed by atoms with Gasteiger partial charge >= 0.3 is 5.97 Å². The molecule has 1 amide bonds. The first kappa shape index (κ1) is 18.7. The van der Waals surface area contributed by atoms with Crippen molar-refractivity contribution in [3.8, 4) is 0 Å². The molecule has 0 aliphatic carbocycles. The molecule has 0 bridgehead atoms. The van der Waals surface area contributed by atoms with Gasteiger partial charge in [-0.2, -0.15) is 5.10 Å². The molecule has 0 saturated heterocycles. The van der Waals surface area contributed by atoms with Crippen LogP contribution < -0.4 is 5.32 Å². The highest BCUT2D eigenvalue weighted by atomic mass is 16.4. The van der Waals surface area contributed by atoms with E-state index in [1.54, 1.807) is 20.0 Å². The van der Waals surface area contributed by atoms with Gasteiger partial charge < -0.3 is 10.4 Å². The molecular weight excluding hydrogens is 318 g/mol.